The maximum absolute atomic E-state index is 12.4. The van der Waals surface area contributed by atoms with Crippen molar-refractivity contribution in [3.05, 3.63) is 18.2 Å². The zero-order valence-corrected chi connectivity index (χ0v) is 15.9. The third kappa shape index (κ3) is 4.90. The van der Waals surface area contributed by atoms with E-state index in [1.165, 1.54) is 49.9 Å². The van der Waals surface area contributed by atoms with E-state index in [0.717, 1.165) is 31.9 Å². The second-order valence-corrected chi connectivity index (χ2v) is 7.94. The average Bonchev–Trinajstić information content (AvgIpc) is 2.62. The van der Waals surface area contributed by atoms with Gasteiger partial charge in [0.25, 0.3) is 0 Å². The van der Waals surface area contributed by atoms with Crippen LogP contribution in [0, 0.1) is 5.92 Å². The number of hydrogen-bond acceptors (Lipinski definition) is 3. The zero-order chi connectivity index (χ0) is 17.6. The van der Waals surface area contributed by atoms with Crippen LogP contribution in [0.25, 0.3) is 0 Å². The van der Waals surface area contributed by atoms with E-state index in [-0.39, 0.29) is 5.91 Å². The van der Waals surface area contributed by atoms with Gasteiger partial charge in [-0.15, -0.1) is 0 Å². The van der Waals surface area contributed by atoms with E-state index in [1.807, 2.05) is 0 Å². The van der Waals surface area contributed by atoms with E-state index in [0.29, 0.717) is 12.3 Å². The van der Waals surface area contributed by atoms with E-state index >= 15 is 0 Å². The molecule has 2 fully saturated rings. The molecule has 0 radical (unpaired) electrons. The summed E-state index contributed by atoms with van der Waals surface area (Å²) in [4.78, 5) is 17.3. The Hall–Kier alpha value is -1.71. The van der Waals surface area contributed by atoms with Gasteiger partial charge in [0.2, 0.25) is 5.91 Å². The van der Waals surface area contributed by atoms with Crippen molar-refractivity contribution in [2.45, 2.75) is 58.8 Å². The maximum Gasteiger partial charge on any atom is 0.224 e. The van der Waals surface area contributed by atoms with Gasteiger partial charge in [0.15, 0.2) is 0 Å². The molecule has 1 aromatic carbocycles. The molecule has 2 heterocycles. The molecule has 1 aromatic rings. The number of anilines is 3. The molecule has 4 heteroatoms. The SMILES string of the molecule is CC(C)CC(=O)Nc1cc(N2CCCCC2)ccc1N1CCCCC1. The van der Waals surface area contributed by atoms with Crippen LogP contribution in [0.5, 0.6) is 0 Å². The number of carbonyl (C=O) groups is 1. The Morgan fingerprint density at radius 3 is 2.16 bits per heavy atom. The molecule has 2 aliphatic heterocycles. The van der Waals surface area contributed by atoms with E-state index in [4.69, 9.17) is 0 Å². The number of carbonyl (C=O) groups excluding carboxylic acids is 1. The average molecular weight is 344 g/mol. The van der Waals surface area contributed by atoms with Gasteiger partial charge in [-0.1, -0.05) is 13.8 Å². The van der Waals surface area contributed by atoms with Crippen molar-refractivity contribution in [1.29, 1.82) is 0 Å². The highest BCUT2D eigenvalue weighted by Crippen LogP contribution is 2.33. The second kappa shape index (κ2) is 8.59. The fourth-order valence-corrected chi connectivity index (χ4v) is 3.96. The lowest BCUT2D eigenvalue weighted by molar-refractivity contribution is -0.116. The van der Waals surface area contributed by atoms with Crippen LogP contribution in [0.4, 0.5) is 17.1 Å². The molecule has 0 unspecified atom stereocenters. The fraction of sp³-hybridized carbons (Fsp3) is 0.667. The molecule has 3 rings (SSSR count). The van der Waals surface area contributed by atoms with Crippen LogP contribution < -0.4 is 15.1 Å². The van der Waals surface area contributed by atoms with E-state index in [2.05, 4.69) is 47.2 Å². The van der Waals surface area contributed by atoms with Crippen LogP contribution in [-0.2, 0) is 4.79 Å². The normalized spacial score (nSPS) is 18.5. The molecule has 2 saturated heterocycles. The fourth-order valence-electron chi connectivity index (χ4n) is 3.96. The van der Waals surface area contributed by atoms with Crippen molar-refractivity contribution in [2.24, 2.45) is 5.92 Å². The zero-order valence-electron chi connectivity index (χ0n) is 15.9. The number of amides is 1. The molecule has 138 valence electrons. The summed E-state index contributed by atoms with van der Waals surface area (Å²) in [6.45, 7) is 8.63. The Bertz CT molecular complexity index is 573. The number of piperidine rings is 2. The van der Waals surface area contributed by atoms with Crippen LogP contribution in [0.1, 0.15) is 58.8 Å². The summed E-state index contributed by atoms with van der Waals surface area (Å²) in [5.74, 6) is 0.507. The predicted molar refractivity (Wildman–Crippen MR) is 107 cm³/mol. The first-order chi connectivity index (χ1) is 12.1. The predicted octanol–water partition coefficient (Wildman–Crippen LogP) is 4.65. The first kappa shape index (κ1) is 18.1. The molecule has 0 atom stereocenters. The lowest BCUT2D eigenvalue weighted by atomic mass is 10.1. The Morgan fingerprint density at radius 2 is 1.56 bits per heavy atom. The van der Waals surface area contributed by atoms with Gasteiger partial charge in [-0.3, -0.25) is 4.79 Å². The Labute approximate surface area is 152 Å². The lowest BCUT2D eigenvalue weighted by Crippen LogP contribution is -2.32. The van der Waals surface area contributed by atoms with Crippen LogP contribution in [-0.4, -0.2) is 32.1 Å². The van der Waals surface area contributed by atoms with Gasteiger partial charge in [-0.25, -0.2) is 0 Å². The summed E-state index contributed by atoms with van der Waals surface area (Å²) in [5.41, 5.74) is 3.44. The standard InChI is InChI=1S/C21H33N3O/c1-17(2)15-21(25)22-19-16-18(23-11-5-3-6-12-23)9-10-20(19)24-13-7-4-8-14-24/h9-10,16-17H,3-8,11-15H2,1-2H3,(H,22,25). The monoisotopic (exact) mass is 343 g/mol. The van der Waals surface area contributed by atoms with Gasteiger partial charge < -0.3 is 15.1 Å². The summed E-state index contributed by atoms with van der Waals surface area (Å²) in [6, 6.07) is 6.67. The van der Waals surface area contributed by atoms with Crippen LogP contribution in [0.3, 0.4) is 0 Å². The topological polar surface area (TPSA) is 35.6 Å². The van der Waals surface area contributed by atoms with E-state index < -0.39 is 0 Å². The first-order valence-corrected chi connectivity index (χ1v) is 10.1. The summed E-state index contributed by atoms with van der Waals surface area (Å²) in [7, 11) is 0. The van der Waals surface area contributed by atoms with Gasteiger partial charge in [0.1, 0.15) is 0 Å². The minimum absolute atomic E-state index is 0.129. The van der Waals surface area contributed by atoms with Crippen LogP contribution >= 0.6 is 0 Å². The van der Waals surface area contributed by atoms with Gasteiger partial charge in [0.05, 0.1) is 11.4 Å². The number of nitrogens with zero attached hydrogens (tertiary/aromatic N) is 2. The molecule has 1 N–H and O–H groups in total. The van der Waals surface area contributed by atoms with Gasteiger partial charge in [0, 0.05) is 38.3 Å². The van der Waals surface area contributed by atoms with Crippen molar-refractivity contribution >= 4 is 23.0 Å². The van der Waals surface area contributed by atoms with Crippen molar-refractivity contribution < 1.29 is 4.79 Å². The Morgan fingerprint density at radius 1 is 0.960 bits per heavy atom. The molecular formula is C21H33N3O. The highest BCUT2D eigenvalue weighted by molar-refractivity contribution is 5.95. The highest BCUT2D eigenvalue weighted by atomic mass is 16.1. The van der Waals surface area contributed by atoms with Crippen molar-refractivity contribution in [2.75, 3.05) is 41.3 Å². The van der Waals surface area contributed by atoms with Crippen molar-refractivity contribution in [1.82, 2.24) is 0 Å². The van der Waals surface area contributed by atoms with Crippen LogP contribution in [0.2, 0.25) is 0 Å². The Kier molecular flexibility index (Phi) is 6.22. The number of benzene rings is 1. The number of rotatable bonds is 5. The lowest BCUT2D eigenvalue weighted by Gasteiger charge is -2.33. The minimum atomic E-state index is 0.129. The summed E-state index contributed by atoms with van der Waals surface area (Å²) >= 11 is 0. The molecule has 0 spiro atoms. The van der Waals surface area contributed by atoms with E-state index in [9.17, 15) is 4.79 Å². The summed E-state index contributed by atoms with van der Waals surface area (Å²) < 4.78 is 0. The molecule has 0 aromatic heterocycles. The van der Waals surface area contributed by atoms with Gasteiger partial charge in [-0.2, -0.15) is 0 Å². The molecule has 0 bridgehead atoms. The summed E-state index contributed by atoms with van der Waals surface area (Å²) in [6.07, 6.45) is 8.25. The first-order valence-electron chi connectivity index (χ1n) is 10.1. The largest absolute Gasteiger partial charge is 0.371 e. The smallest absolute Gasteiger partial charge is 0.224 e. The molecule has 2 aliphatic rings. The molecule has 0 saturated carbocycles. The van der Waals surface area contributed by atoms with Crippen molar-refractivity contribution in [3.63, 3.8) is 0 Å². The molecule has 1 amide bonds. The second-order valence-electron chi connectivity index (χ2n) is 7.94. The summed E-state index contributed by atoms with van der Waals surface area (Å²) in [5, 5.41) is 3.21. The third-order valence-electron chi connectivity index (χ3n) is 5.27. The van der Waals surface area contributed by atoms with Crippen molar-refractivity contribution in [3.8, 4) is 0 Å². The Balaban J connectivity index is 1.83. The highest BCUT2D eigenvalue weighted by Gasteiger charge is 2.19. The van der Waals surface area contributed by atoms with E-state index in [1.54, 1.807) is 0 Å². The van der Waals surface area contributed by atoms with Gasteiger partial charge in [-0.05, 0) is 62.6 Å². The molecular weight excluding hydrogens is 310 g/mol. The number of nitrogens with one attached hydrogen (secondary N) is 1. The van der Waals surface area contributed by atoms with Crippen LogP contribution in [0.15, 0.2) is 18.2 Å². The molecule has 0 aliphatic carbocycles. The maximum atomic E-state index is 12.4. The quantitative estimate of drug-likeness (QED) is 0.845. The van der Waals surface area contributed by atoms with Gasteiger partial charge >= 0.3 is 0 Å². The number of hydrogen-bond donors (Lipinski definition) is 1. The molecule has 4 nitrogen and oxygen atoms in total. The minimum Gasteiger partial charge on any atom is -0.371 e. The third-order valence-corrected chi connectivity index (χ3v) is 5.27. The molecule has 25 heavy (non-hydrogen) atoms.